The van der Waals surface area contributed by atoms with E-state index >= 15 is 0 Å². The van der Waals surface area contributed by atoms with Gasteiger partial charge in [0.05, 0.1) is 30.1 Å². The van der Waals surface area contributed by atoms with Crippen LogP contribution in [0.3, 0.4) is 0 Å². The number of benzene rings is 2. The van der Waals surface area contributed by atoms with Crippen molar-refractivity contribution in [3.63, 3.8) is 0 Å². The minimum Gasteiger partial charge on any atom is -0.495 e. The molecule has 0 unspecified atom stereocenters. The molecule has 0 fully saturated rings. The van der Waals surface area contributed by atoms with Crippen LogP contribution in [0.4, 0.5) is 5.69 Å². The van der Waals surface area contributed by atoms with Crippen molar-refractivity contribution in [2.75, 3.05) is 17.7 Å². The average Bonchev–Trinajstić information content (AvgIpc) is 2.70. The molecular formula is C22H29ClN2O4S. The van der Waals surface area contributed by atoms with Crippen molar-refractivity contribution in [1.29, 1.82) is 0 Å². The van der Waals surface area contributed by atoms with Gasteiger partial charge in [0.1, 0.15) is 11.8 Å². The predicted molar refractivity (Wildman–Crippen MR) is 122 cm³/mol. The molecule has 0 aliphatic carbocycles. The number of nitrogens with zero attached hydrogens (tertiary/aromatic N) is 1. The van der Waals surface area contributed by atoms with E-state index in [9.17, 15) is 13.2 Å². The zero-order valence-electron chi connectivity index (χ0n) is 18.0. The number of amides is 1. The van der Waals surface area contributed by atoms with Crippen molar-refractivity contribution in [2.24, 2.45) is 0 Å². The third kappa shape index (κ3) is 5.67. The molecule has 2 rings (SSSR count). The Bertz CT molecular complexity index is 977. The fourth-order valence-electron chi connectivity index (χ4n) is 3.29. The standard InChI is InChI=1S/C22H29ClN2O4S/c1-6-16-8-10-17(11-9-16)15(3)24-22(26)20(7-2)25(30(5,27)28)18-12-13-21(29-4)19(23)14-18/h8-15,20H,6-7H2,1-5H3,(H,24,26)/t15-,20-/m1/s1. The van der Waals surface area contributed by atoms with E-state index in [4.69, 9.17) is 16.3 Å². The Morgan fingerprint density at radius 1 is 1.17 bits per heavy atom. The van der Waals surface area contributed by atoms with E-state index in [1.54, 1.807) is 19.1 Å². The van der Waals surface area contributed by atoms with Gasteiger partial charge in [-0.05, 0) is 49.1 Å². The fraction of sp³-hybridized carbons (Fsp3) is 0.409. The number of ether oxygens (including phenoxy) is 1. The summed E-state index contributed by atoms with van der Waals surface area (Å²) in [6.07, 6.45) is 2.31. The largest absolute Gasteiger partial charge is 0.495 e. The van der Waals surface area contributed by atoms with Crippen LogP contribution >= 0.6 is 11.6 Å². The van der Waals surface area contributed by atoms with Crippen LogP contribution in [-0.4, -0.2) is 33.7 Å². The summed E-state index contributed by atoms with van der Waals surface area (Å²) in [7, 11) is -2.27. The maximum Gasteiger partial charge on any atom is 0.244 e. The Kier molecular flexibility index (Phi) is 8.15. The van der Waals surface area contributed by atoms with Crippen molar-refractivity contribution < 1.29 is 17.9 Å². The minimum atomic E-state index is -3.75. The first-order valence-electron chi connectivity index (χ1n) is 9.84. The first-order valence-corrected chi connectivity index (χ1v) is 12.1. The van der Waals surface area contributed by atoms with E-state index in [1.165, 1.54) is 18.7 Å². The molecule has 2 atom stereocenters. The smallest absolute Gasteiger partial charge is 0.244 e. The second kappa shape index (κ2) is 10.2. The molecule has 30 heavy (non-hydrogen) atoms. The van der Waals surface area contributed by atoms with Gasteiger partial charge in [0.15, 0.2) is 0 Å². The van der Waals surface area contributed by atoms with E-state index in [0.29, 0.717) is 17.9 Å². The van der Waals surface area contributed by atoms with Gasteiger partial charge in [-0.1, -0.05) is 49.7 Å². The molecule has 0 spiro atoms. The van der Waals surface area contributed by atoms with Crippen LogP contribution < -0.4 is 14.4 Å². The van der Waals surface area contributed by atoms with Gasteiger partial charge >= 0.3 is 0 Å². The first kappa shape index (κ1) is 24.0. The van der Waals surface area contributed by atoms with Crippen molar-refractivity contribution in [1.82, 2.24) is 5.32 Å². The Morgan fingerprint density at radius 2 is 1.80 bits per heavy atom. The molecule has 0 saturated heterocycles. The number of hydrogen-bond donors (Lipinski definition) is 1. The van der Waals surface area contributed by atoms with E-state index in [1.807, 2.05) is 31.2 Å². The van der Waals surface area contributed by atoms with E-state index in [-0.39, 0.29) is 17.0 Å². The summed E-state index contributed by atoms with van der Waals surface area (Å²) in [5, 5.41) is 3.21. The third-order valence-corrected chi connectivity index (χ3v) is 6.44. The molecule has 6 nitrogen and oxygen atoms in total. The molecule has 1 amide bonds. The maximum atomic E-state index is 13.1. The number of aryl methyl sites for hydroxylation is 1. The fourth-order valence-corrected chi connectivity index (χ4v) is 4.74. The van der Waals surface area contributed by atoms with Crippen molar-refractivity contribution in [3.05, 3.63) is 58.6 Å². The van der Waals surface area contributed by atoms with Crippen molar-refractivity contribution in [2.45, 2.75) is 45.7 Å². The maximum absolute atomic E-state index is 13.1. The summed E-state index contributed by atoms with van der Waals surface area (Å²) in [6, 6.07) is 11.5. The van der Waals surface area contributed by atoms with E-state index in [0.717, 1.165) is 22.5 Å². The molecule has 0 aliphatic rings. The van der Waals surface area contributed by atoms with Crippen LogP contribution in [0.1, 0.15) is 44.4 Å². The number of carbonyl (C=O) groups excluding carboxylic acids is 1. The molecule has 8 heteroatoms. The lowest BCUT2D eigenvalue weighted by molar-refractivity contribution is -0.122. The van der Waals surface area contributed by atoms with Gasteiger partial charge < -0.3 is 10.1 Å². The molecule has 164 valence electrons. The minimum absolute atomic E-state index is 0.265. The molecule has 0 aromatic heterocycles. The molecule has 2 aromatic rings. The Hall–Kier alpha value is -2.25. The van der Waals surface area contributed by atoms with E-state index < -0.39 is 16.1 Å². The van der Waals surface area contributed by atoms with Gasteiger partial charge in [-0.2, -0.15) is 0 Å². The summed E-state index contributed by atoms with van der Waals surface area (Å²) in [5.41, 5.74) is 2.47. The molecule has 0 radical (unpaired) electrons. The van der Waals surface area contributed by atoms with Crippen LogP contribution in [0.5, 0.6) is 5.75 Å². The number of halogens is 1. The van der Waals surface area contributed by atoms with Gasteiger partial charge in [0, 0.05) is 0 Å². The average molecular weight is 453 g/mol. The highest BCUT2D eigenvalue weighted by Crippen LogP contribution is 2.32. The van der Waals surface area contributed by atoms with Gasteiger partial charge in [-0.3, -0.25) is 9.10 Å². The second-order valence-corrected chi connectivity index (χ2v) is 9.39. The third-order valence-electron chi connectivity index (χ3n) is 4.97. The predicted octanol–water partition coefficient (Wildman–Crippen LogP) is 4.33. The lowest BCUT2D eigenvalue weighted by Crippen LogP contribution is -2.49. The Labute approximate surface area is 184 Å². The Morgan fingerprint density at radius 3 is 2.27 bits per heavy atom. The summed E-state index contributed by atoms with van der Waals surface area (Å²) in [5.74, 6) is 0.0532. The topological polar surface area (TPSA) is 75.7 Å². The molecule has 0 heterocycles. The molecule has 2 aromatic carbocycles. The highest BCUT2D eigenvalue weighted by molar-refractivity contribution is 7.92. The van der Waals surface area contributed by atoms with Gasteiger partial charge in [-0.15, -0.1) is 0 Å². The zero-order valence-corrected chi connectivity index (χ0v) is 19.5. The number of sulfonamides is 1. The lowest BCUT2D eigenvalue weighted by Gasteiger charge is -2.31. The number of methoxy groups -OCH3 is 1. The van der Waals surface area contributed by atoms with E-state index in [2.05, 4.69) is 12.2 Å². The first-order chi connectivity index (χ1) is 14.1. The number of nitrogens with one attached hydrogen (secondary N) is 1. The quantitative estimate of drug-likeness (QED) is 0.614. The normalized spacial score (nSPS) is 13.4. The molecule has 0 aliphatic heterocycles. The number of carbonyl (C=O) groups is 1. The van der Waals surface area contributed by atoms with Crippen LogP contribution in [0.15, 0.2) is 42.5 Å². The monoisotopic (exact) mass is 452 g/mol. The van der Waals surface area contributed by atoms with Crippen LogP contribution in [0.2, 0.25) is 5.02 Å². The van der Waals surface area contributed by atoms with Crippen molar-refractivity contribution in [3.8, 4) is 5.75 Å². The highest BCUT2D eigenvalue weighted by atomic mass is 35.5. The SMILES string of the molecule is CCc1ccc([C@@H](C)NC(=O)[C@@H](CC)N(c2ccc(OC)c(Cl)c2)S(C)(=O)=O)cc1. The zero-order chi connectivity index (χ0) is 22.5. The summed E-state index contributed by atoms with van der Waals surface area (Å²) in [4.78, 5) is 13.1. The highest BCUT2D eigenvalue weighted by Gasteiger charge is 2.32. The summed E-state index contributed by atoms with van der Waals surface area (Å²) >= 11 is 6.19. The molecule has 0 saturated carbocycles. The molecule has 1 N–H and O–H groups in total. The van der Waals surface area contributed by atoms with Gasteiger partial charge in [0.2, 0.25) is 15.9 Å². The number of anilines is 1. The summed E-state index contributed by atoms with van der Waals surface area (Å²) in [6.45, 7) is 5.73. The second-order valence-electron chi connectivity index (χ2n) is 7.13. The summed E-state index contributed by atoms with van der Waals surface area (Å²) < 4.78 is 31.5. The van der Waals surface area contributed by atoms with Crippen molar-refractivity contribution >= 4 is 33.2 Å². The lowest BCUT2D eigenvalue weighted by atomic mass is 10.0. The van der Waals surface area contributed by atoms with Crippen LogP contribution in [0, 0.1) is 0 Å². The number of hydrogen-bond acceptors (Lipinski definition) is 4. The van der Waals surface area contributed by atoms with Crippen LogP contribution in [-0.2, 0) is 21.2 Å². The molecule has 0 bridgehead atoms. The number of rotatable bonds is 9. The van der Waals surface area contributed by atoms with Gasteiger partial charge in [0.25, 0.3) is 0 Å². The van der Waals surface area contributed by atoms with Crippen LogP contribution in [0.25, 0.3) is 0 Å². The Balaban J connectivity index is 2.32. The molecular weight excluding hydrogens is 424 g/mol. The van der Waals surface area contributed by atoms with Gasteiger partial charge in [-0.25, -0.2) is 8.42 Å².